The summed E-state index contributed by atoms with van der Waals surface area (Å²) in [7, 11) is -2.22. The van der Waals surface area contributed by atoms with E-state index in [4.69, 9.17) is 11.6 Å². The third-order valence-corrected chi connectivity index (χ3v) is 8.12. The molecular formula is C18H20ClNOSi. The molecule has 2 aromatic rings. The molecule has 114 valence electrons. The van der Waals surface area contributed by atoms with Gasteiger partial charge in [0, 0.05) is 6.54 Å². The number of nitrogens with one attached hydrogen (secondary N) is 1. The highest BCUT2D eigenvalue weighted by Gasteiger charge is 2.33. The highest BCUT2D eigenvalue weighted by atomic mass is 35.5. The molecule has 1 unspecified atom stereocenters. The van der Waals surface area contributed by atoms with Gasteiger partial charge in [-0.2, -0.15) is 0 Å². The van der Waals surface area contributed by atoms with E-state index in [2.05, 4.69) is 30.6 Å². The van der Waals surface area contributed by atoms with Gasteiger partial charge in [0.05, 0.1) is 10.6 Å². The smallest absolute Gasteiger partial charge is 0.252 e. The minimum absolute atomic E-state index is 0.125. The SMILES string of the molecule is C=C[Si](C)(c1ccccc1)c1cccc(Cl)c1C(=O)NCC. The van der Waals surface area contributed by atoms with Crippen molar-refractivity contribution in [3.05, 3.63) is 71.4 Å². The van der Waals surface area contributed by atoms with Crippen molar-refractivity contribution < 1.29 is 4.79 Å². The van der Waals surface area contributed by atoms with Gasteiger partial charge in [-0.3, -0.25) is 4.79 Å². The van der Waals surface area contributed by atoms with Gasteiger partial charge < -0.3 is 5.32 Å². The van der Waals surface area contributed by atoms with Gasteiger partial charge in [-0.1, -0.05) is 71.5 Å². The number of hydrogen-bond donors (Lipinski definition) is 1. The molecule has 0 aliphatic carbocycles. The summed E-state index contributed by atoms with van der Waals surface area (Å²) in [5.41, 5.74) is 2.57. The van der Waals surface area contributed by atoms with E-state index in [0.717, 1.165) is 5.19 Å². The van der Waals surface area contributed by atoms with E-state index in [-0.39, 0.29) is 5.91 Å². The topological polar surface area (TPSA) is 29.1 Å². The first-order valence-corrected chi connectivity index (χ1v) is 10.3. The van der Waals surface area contributed by atoms with E-state index >= 15 is 0 Å². The Balaban J connectivity index is 2.67. The number of carbonyl (C=O) groups excluding carboxylic acids is 1. The largest absolute Gasteiger partial charge is 0.352 e. The number of amides is 1. The summed E-state index contributed by atoms with van der Waals surface area (Å²) in [6.07, 6.45) is 0. The zero-order chi connectivity index (χ0) is 16.2. The van der Waals surface area contributed by atoms with Gasteiger partial charge in [-0.25, -0.2) is 0 Å². The lowest BCUT2D eigenvalue weighted by Crippen LogP contribution is -2.56. The maximum absolute atomic E-state index is 12.5. The van der Waals surface area contributed by atoms with Crippen molar-refractivity contribution in [3.63, 3.8) is 0 Å². The molecular weight excluding hydrogens is 310 g/mol. The van der Waals surface area contributed by atoms with Crippen LogP contribution in [0.3, 0.4) is 0 Å². The van der Waals surface area contributed by atoms with Crippen LogP contribution in [0.4, 0.5) is 0 Å². The van der Waals surface area contributed by atoms with E-state index in [1.165, 1.54) is 5.19 Å². The van der Waals surface area contributed by atoms with Gasteiger partial charge in [-0.15, -0.1) is 6.58 Å². The predicted octanol–water partition coefficient (Wildman–Crippen LogP) is 3.01. The van der Waals surface area contributed by atoms with Gasteiger partial charge in [0.15, 0.2) is 0 Å². The fourth-order valence-electron chi connectivity index (χ4n) is 2.60. The molecule has 2 aromatic carbocycles. The molecule has 4 heteroatoms. The highest BCUT2D eigenvalue weighted by molar-refractivity contribution is 7.05. The van der Waals surface area contributed by atoms with Crippen molar-refractivity contribution in [1.82, 2.24) is 5.32 Å². The van der Waals surface area contributed by atoms with Crippen molar-refractivity contribution in [2.24, 2.45) is 0 Å². The molecule has 1 atom stereocenters. The lowest BCUT2D eigenvalue weighted by atomic mass is 10.2. The molecule has 0 aliphatic heterocycles. The summed E-state index contributed by atoms with van der Waals surface area (Å²) in [4.78, 5) is 12.5. The van der Waals surface area contributed by atoms with Crippen LogP contribution in [0.15, 0.2) is 60.8 Å². The maximum Gasteiger partial charge on any atom is 0.252 e. The molecule has 0 aliphatic rings. The van der Waals surface area contributed by atoms with Gasteiger partial charge >= 0.3 is 0 Å². The first-order valence-electron chi connectivity index (χ1n) is 7.31. The second-order valence-electron chi connectivity index (χ2n) is 5.29. The number of carbonyl (C=O) groups is 1. The molecule has 0 fully saturated rings. The zero-order valence-electron chi connectivity index (χ0n) is 12.9. The summed E-state index contributed by atoms with van der Waals surface area (Å²) in [6.45, 7) is 8.70. The van der Waals surface area contributed by atoms with Crippen LogP contribution in [0.1, 0.15) is 17.3 Å². The molecule has 2 nitrogen and oxygen atoms in total. The lowest BCUT2D eigenvalue weighted by molar-refractivity contribution is 0.0957. The molecule has 22 heavy (non-hydrogen) atoms. The van der Waals surface area contributed by atoms with Crippen LogP contribution in [-0.4, -0.2) is 20.5 Å². The molecule has 0 spiro atoms. The van der Waals surface area contributed by atoms with E-state index in [1.807, 2.05) is 43.0 Å². The van der Waals surface area contributed by atoms with Crippen LogP contribution in [0.25, 0.3) is 0 Å². The fraction of sp³-hybridized carbons (Fsp3) is 0.167. The third kappa shape index (κ3) is 3.01. The Hall–Kier alpha value is -1.84. The van der Waals surface area contributed by atoms with Crippen LogP contribution < -0.4 is 15.7 Å². The van der Waals surface area contributed by atoms with Crippen molar-refractivity contribution in [2.75, 3.05) is 6.54 Å². The zero-order valence-corrected chi connectivity index (χ0v) is 14.7. The second kappa shape index (κ2) is 6.94. The molecule has 1 amide bonds. The normalized spacial score (nSPS) is 13.2. The van der Waals surface area contributed by atoms with E-state index in [1.54, 1.807) is 6.07 Å². The number of halogens is 1. The van der Waals surface area contributed by atoms with Crippen molar-refractivity contribution in [2.45, 2.75) is 13.5 Å². The molecule has 0 aromatic heterocycles. The van der Waals surface area contributed by atoms with Gasteiger partial charge in [0.1, 0.15) is 8.07 Å². The Labute approximate surface area is 137 Å². The van der Waals surface area contributed by atoms with Crippen LogP contribution in [0, 0.1) is 0 Å². The average Bonchev–Trinajstić information content (AvgIpc) is 2.54. The summed E-state index contributed by atoms with van der Waals surface area (Å²) in [6, 6.07) is 15.9. The average molecular weight is 330 g/mol. The minimum Gasteiger partial charge on any atom is -0.352 e. The first kappa shape index (κ1) is 16.5. The van der Waals surface area contributed by atoms with E-state index in [0.29, 0.717) is 17.1 Å². The Morgan fingerprint density at radius 1 is 1.23 bits per heavy atom. The molecule has 1 N–H and O–H groups in total. The first-order chi connectivity index (χ1) is 10.5. The summed E-state index contributed by atoms with van der Waals surface area (Å²) >= 11 is 6.34. The highest BCUT2D eigenvalue weighted by Crippen LogP contribution is 2.18. The summed E-state index contributed by atoms with van der Waals surface area (Å²) < 4.78 is 0. The molecule has 2 rings (SSSR count). The van der Waals surface area contributed by atoms with Crippen molar-refractivity contribution >= 4 is 36.0 Å². The predicted molar refractivity (Wildman–Crippen MR) is 97.0 cm³/mol. The Morgan fingerprint density at radius 3 is 2.50 bits per heavy atom. The number of benzene rings is 2. The molecule has 0 heterocycles. The monoisotopic (exact) mass is 329 g/mol. The Bertz CT molecular complexity index is 687. The van der Waals surface area contributed by atoms with Crippen LogP contribution in [-0.2, 0) is 0 Å². The van der Waals surface area contributed by atoms with Crippen LogP contribution >= 0.6 is 11.6 Å². The van der Waals surface area contributed by atoms with Crippen LogP contribution in [0.5, 0.6) is 0 Å². The fourth-order valence-corrected chi connectivity index (χ4v) is 5.81. The standard InChI is InChI=1S/C18H20ClNOSi/c1-4-20-18(21)17-15(19)12-9-13-16(17)22(3,5-2)14-10-7-6-8-11-14/h5-13H,2,4H2,1,3H3,(H,20,21). The second-order valence-corrected chi connectivity index (χ2v) is 9.63. The van der Waals surface area contributed by atoms with Gasteiger partial charge in [0.25, 0.3) is 5.91 Å². The minimum atomic E-state index is -2.22. The van der Waals surface area contributed by atoms with E-state index in [9.17, 15) is 4.79 Å². The molecule has 0 saturated carbocycles. The molecule has 0 saturated heterocycles. The van der Waals surface area contributed by atoms with Crippen molar-refractivity contribution in [3.8, 4) is 0 Å². The Kier molecular flexibility index (Phi) is 5.22. The summed E-state index contributed by atoms with van der Waals surface area (Å²) in [5.74, 6) is -0.125. The lowest BCUT2D eigenvalue weighted by Gasteiger charge is -2.27. The molecule has 0 bridgehead atoms. The van der Waals surface area contributed by atoms with Crippen LogP contribution in [0.2, 0.25) is 11.6 Å². The van der Waals surface area contributed by atoms with Gasteiger partial charge in [0.2, 0.25) is 0 Å². The summed E-state index contributed by atoms with van der Waals surface area (Å²) in [5, 5.41) is 5.54. The third-order valence-electron chi connectivity index (χ3n) is 3.92. The van der Waals surface area contributed by atoms with E-state index < -0.39 is 8.07 Å². The van der Waals surface area contributed by atoms with Gasteiger partial charge in [-0.05, 0) is 18.2 Å². The number of rotatable bonds is 5. The maximum atomic E-state index is 12.5. The molecule has 0 radical (unpaired) electrons. The number of hydrogen-bond acceptors (Lipinski definition) is 1. The quantitative estimate of drug-likeness (QED) is 0.839. The Morgan fingerprint density at radius 2 is 1.91 bits per heavy atom. The van der Waals surface area contributed by atoms with Crippen molar-refractivity contribution in [1.29, 1.82) is 0 Å².